The predicted molar refractivity (Wildman–Crippen MR) is 270 cm³/mol. The summed E-state index contributed by atoms with van der Waals surface area (Å²) in [4.78, 5) is 9.82. The van der Waals surface area contributed by atoms with E-state index >= 15 is 0 Å². The lowest BCUT2D eigenvalue weighted by Gasteiger charge is -2.29. The fourth-order valence-corrected chi connectivity index (χ4v) is 8.93. The Morgan fingerprint density at radius 2 is 1.12 bits per heavy atom. The SMILES string of the molecule is CC(C)(C)c1cc(N2C=C(c3ccccc3)N(c3cccc(Oc4ccc5c6cc(C(C)(C)C)ccc6n(-c6cc(C(C)(C)c7ccccc7)ccn6)c5c4)c3)C2)cc(C(C)(C)C)c1. The summed E-state index contributed by atoms with van der Waals surface area (Å²) in [5.41, 5.74) is 13.0. The van der Waals surface area contributed by atoms with Crippen molar-refractivity contribution >= 4 is 38.9 Å². The van der Waals surface area contributed by atoms with Crippen LogP contribution in [0, 0.1) is 0 Å². The Kier molecular flexibility index (Phi) is 10.6. The monoisotopic (exact) mass is 842 g/mol. The molecule has 0 fully saturated rings. The van der Waals surface area contributed by atoms with Gasteiger partial charge in [-0.3, -0.25) is 4.57 Å². The highest BCUT2D eigenvalue weighted by molar-refractivity contribution is 6.09. The summed E-state index contributed by atoms with van der Waals surface area (Å²) in [6, 6.07) is 54.8. The van der Waals surface area contributed by atoms with Crippen molar-refractivity contribution in [3.8, 4) is 17.3 Å². The molecule has 0 N–H and O–H groups in total. The first-order chi connectivity index (χ1) is 30.3. The van der Waals surface area contributed by atoms with Gasteiger partial charge >= 0.3 is 0 Å². The lowest BCUT2D eigenvalue weighted by atomic mass is 9.78. The molecule has 0 unspecified atom stereocenters. The van der Waals surface area contributed by atoms with Crippen molar-refractivity contribution < 1.29 is 4.74 Å². The molecule has 1 aliphatic heterocycles. The maximum atomic E-state index is 6.85. The molecule has 0 saturated carbocycles. The van der Waals surface area contributed by atoms with Gasteiger partial charge in [0.25, 0.3) is 0 Å². The number of benzene rings is 6. The highest BCUT2D eigenvalue weighted by Gasteiger charge is 2.29. The minimum atomic E-state index is -0.218. The first-order valence-electron chi connectivity index (χ1n) is 22.7. The highest BCUT2D eigenvalue weighted by Crippen LogP contribution is 2.42. The van der Waals surface area contributed by atoms with E-state index in [1.807, 2.05) is 6.20 Å². The van der Waals surface area contributed by atoms with Crippen LogP contribution < -0.4 is 14.5 Å². The van der Waals surface area contributed by atoms with Crippen LogP contribution in [0.15, 0.2) is 164 Å². The summed E-state index contributed by atoms with van der Waals surface area (Å²) in [6.07, 6.45) is 4.25. The fourth-order valence-electron chi connectivity index (χ4n) is 8.93. The Labute approximate surface area is 380 Å². The summed E-state index contributed by atoms with van der Waals surface area (Å²) in [6.45, 7) is 25.9. The van der Waals surface area contributed by atoms with E-state index in [0.717, 1.165) is 50.7 Å². The number of ether oxygens (including phenoxy) is 1. The van der Waals surface area contributed by atoms with Gasteiger partial charge in [-0.1, -0.05) is 155 Å². The van der Waals surface area contributed by atoms with Gasteiger partial charge in [0.2, 0.25) is 0 Å². The number of fused-ring (bicyclic) bond motifs is 3. The molecule has 2 aromatic heterocycles. The molecule has 0 bridgehead atoms. The van der Waals surface area contributed by atoms with Gasteiger partial charge in [-0.05, 0) is 110 Å². The van der Waals surface area contributed by atoms with Crippen LogP contribution in [0.5, 0.6) is 11.5 Å². The second kappa shape index (κ2) is 15.9. The quantitative estimate of drug-likeness (QED) is 0.153. The maximum Gasteiger partial charge on any atom is 0.137 e. The molecule has 0 amide bonds. The van der Waals surface area contributed by atoms with Gasteiger partial charge in [-0.25, -0.2) is 4.98 Å². The van der Waals surface area contributed by atoms with Crippen molar-refractivity contribution in [1.29, 1.82) is 0 Å². The molecular weight excluding hydrogens is 781 g/mol. The average Bonchev–Trinajstić information content (AvgIpc) is 3.86. The number of rotatable bonds is 8. The van der Waals surface area contributed by atoms with E-state index in [1.54, 1.807) is 0 Å². The topological polar surface area (TPSA) is 33.5 Å². The zero-order chi connectivity index (χ0) is 45.2. The molecule has 0 saturated heterocycles. The van der Waals surface area contributed by atoms with E-state index in [0.29, 0.717) is 6.67 Å². The van der Waals surface area contributed by atoms with E-state index in [9.17, 15) is 0 Å². The highest BCUT2D eigenvalue weighted by atomic mass is 16.5. The normalized spacial score (nSPS) is 13.8. The predicted octanol–water partition coefficient (Wildman–Crippen LogP) is 15.5. The van der Waals surface area contributed by atoms with E-state index in [-0.39, 0.29) is 21.7 Å². The maximum absolute atomic E-state index is 6.85. The molecule has 5 nitrogen and oxygen atoms in total. The number of hydrogen-bond acceptors (Lipinski definition) is 4. The van der Waals surface area contributed by atoms with Crippen molar-refractivity contribution in [3.63, 3.8) is 0 Å². The first-order valence-corrected chi connectivity index (χ1v) is 22.7. The Morgan fingerprint density at radius 1 is 0.469 bits per heavy atom. The van der Waals surface area contributed by atoms with Gasteiger partial charge in [-0.2, -0.15) is 0 Å². The second-order valence-electron chi connectivity index (χ2n) is 21.2. The van der Waals surface area contributed by atoms with Crippen molar-refractivity contribution in [2.24, 2.45) is 0 Å². The summed E-state index contributed by atoms with van der Waals surface area (Å²) < 4.78 is 9.16. The van der Waals surface area contributed by atoms with Gasteiger partial charge in [-0.15, -0.1) is 0 Å². The van der Waals surface area contributed by atoms with Crippen LogP contribution in [-0.4, -0.2) is 16.2 Å². The molecule has 5 heteroatoms. The van der Waals surface area contributed by atoms with Crippen molar-refractivity contribution in [3.05, 3.63) is 197 Å². The Bertz CT molecular complexity index is 2990. The molecule has 0 spiro atoms. The third-order valence-corrected chi connectivity index (χ3v) is 13.1. The van der Waals surface area contributed by atoms with Crippen LogP contribution in [0.3, 0.4) is 0 Å². The number of aromatic nitrogens is 2. The van der Waals surface area contributed by atoms with Gasteiger partial charge in [0.1, 0.15) is 17.3 Å². The van der Waals surface area contributed by atoms with E-state index in [1.165, 1.54) is 38.9 Å². The van der Waals surface area contributed by atoms with Crippen LogP contribution in [0.25, 0.3) is 33.3 Å². The number of hydrogen-bond donors (Lipinski definition) is 0. The van der Waals surface area contributed by atoms with E-state index in [4.69, 9.17) is 9.72 Å². The largest absolute Gasteiger partial charge is 0.457 e. The van der Waals surface area contributed by atoms with Crippen LogP contribution in [0.2, 0.25) is 0 Å². The summed E-state index contributed by atoms with van der Waals surface area (Å²) in [5.74, 6) is 2.42. The zero-order valence-electron chi connectivity index (χ0n) is 39.5. The molecule has 9 rings (SSSR count). The number of anilines is 2. The van der Waals surface area contributed by atoms with Crippen LogP contribution in [0.4, 0.5) is 11.4 Å². The van der Waals surface area contributed by atoms with E-state index < -0.39 is 0 Å². The molecule has 324 valence electrons. The van der Waals surface area contributed by atoms with Crippen LogP contribution in [-0.2, 0) is 21.7 Å². The molecule has 6 aromatic carbocycles. The summed E-state index contributed by atoms with van der Waals surface area (Å²) in [5, 5.41) is 2.36. The van der Waals surface area contributed by atoms with Crippen molar-refractivity contribution in [1.82, 2.24) is 9.55 Å². The molecule has 3 heterocycles. The molecular formula is C59H62N4O. The standard InChI is InChI=1S/C59H62N4O/c1-56(2,3)42-25-28-52-51(34-42)50-27-26-49(37-53(50)63(52)55-35-43(29-30-60-55)59(10,11)41-21-16-13-17-22-41)64-48-24-18-23-46(36-48)62-39-61(38-54(62)40-19-14-12-15-20-40)47-32-44(57(4,5)6)31-45(33-47)58(7,8)9/h12-38H,39H2,1-11H3. The number of pyridine rings is 1. The molecule has 1 aliphatic rings. The minimum Gasteiger partial charge on any atom is -0.457 e. The van der Waals surface area contributed by atoms with Crippen LogP contribution in [0.1, 0.15) is 110 Å². The zero-order valence-corrected chi connectivity index (χ0v) is 39.5. The first kappa shape index (κ1) is 42.7. The molecule has 8 aromatic rings. The second-order valence-corrected chi connectivity index (χ2v) is 21.2. The Morgan fingerprint density at radius 3 is 1.80 bits per heavy atom. The van der Waals surface area contributed by atoms with Crippen molar-refractivity contribution in [2.75, 3.05) is 16.5 Å². The Hall–Kier alpha value is -6.59. The smallest absolute Gasteiger partial charge is 0.137 e. The molecule has 0 atom stereocenters. The van der Waals surface area contributed by atoms with Gasteiger partial charge in [0.15, 0.2) is 0 Å². The van der Waals surface area contributed by atoms with Crippen LogP contribution >= 0.6 is 0 Å². The minimum absolute atomic E-state index is 0.00230. The van der Waals surface area contributed by atoms with Gasteiger partial charge in [0, 0.05) is 52.1 Å². The van der Waals surface area contributed by atoms with E-state index in [2.05, 4.69) is 248 Å². The third-order valence-electron chi connectivity index (χ3n) is 13.1. The molecule has 0 aliphatic carbocycles. The average molecular weight is 843 g/mol. The van der Waals surface area contributed by atoms with Gasteiger partial charge < -0.3 is 14.5 Å². The molecule has 0 radical (unpaired) electrons. The lowest BCUT2D eigenvalue weighted by molar-refractivity contribution is 0.483. The lowest BCUT2D eigenvalue weighted by Crippen LogP contribution is -2.27. The third kappa shape index (κ3) is 8.20. The fraction of sp³-hybridized carbons (Fsp3) is 0.271. The summed E-state index contributed by atoms with van der Waals surface area (Å²) >= 11 is 0. The Balaban J connectivity index is 1.10. The van der Waals surface area contributed by atoms with Gasteiger partial charge in [0.05, 0.1) is 23.4 Å². The number of nitrogens with zero attached hydrogens (tertiary/aromatic N) is 4. The van der Waals surface area contributed by atoms with Crippen molar-refractivity contribution in [2.45, 2.75) is 97.8 Å². The molecule has 64 heavy (non-hydrogen) atoms. The summed E-state index contributed by atoms with van der Waals surface area (Å²) in [7, 11) is 0.